The maximum Gasteiger partial charge on any atom is 0.336 e. The number of piperazine rings is 1. The van der Waals surface area contributed by atoms with Crippen molar-refractivity contribution in [3.63, 3.8) is 0 Å². The molecule has 0 N–H and O–H groups in total. The van der Waals surface area contributed by atoms with Gasteiger partial charge in [0.2, 0.25) is 0 Å². The lowest BCUT2D eigenvalue weighted by Crippen LogP contribution is -2.50. The predicted molar refractivity (Wildman–Crippen MR) is 120 cm³/mol. The van der Waals surface area contributed by atoms with Gasteiger partial charge in [-0.1, -0.05) is 37.3 Å². The van der Waals surface area contributed by atoms with E-state index in [1.807, 2.05) is 49.1 Å². The fraction of sp³-hybridized carbons (Fsp3) is 0.360. The minimum absolute atomic E-state index is 0.0425. The zero-order valence-corrected chi connectivity index (χ0v) is 18.3. The van der Waals surface area contributed by atoms with E-state index in [4.69, 9.17) is 9.15 Å². The van der Waals surface area contributed by atoms with Crippen LogP contribution in [0.4, 0.5) is 0 Å². The third-order valence-corrected chi connectivity index (χ3v) is 5.95. The first-order chi connectivity index (χ1) is 15.0. The Morgan fingerprint density at radius 1 is 1.16 bits per heavy atom. The summed E-state index contributed by atoms with van der Waals surface area (Å²) in [5.74, 6) is 0.539. The van der Waals surface area contributed by atoms with Gasteiger partial charge in [-0.05, 0) is 49.2 Å². The van der Waals surface area contributed by atoms with E-state index in [0.29, 0.717) is 30.8 Å². The summed E-state index contributed by atoms with van der Waals surface area (Å²) in [4.78, 5) is 29.0. The molecule has 0 aliphatic carbocycles. The SMILES string of the molecule is CCc1cc(=O)oc2cc(C)cc(OCC(=O)N3CCN(C)C(c4ccccc4)C3)c12. The Kier molecular flexibility index (Phi) is 6.09. The normalized spacial score (nSPS) is 17.1. The molecule has 1 atom stereocenters. The molecule has 1 aliphatic rings. The Balaban J connectivity index is 1.52. The highest BCUT2D eigenvalue weighted by Gasteiger charge is 2.28. The standard InChI is InChI=1S/C25H28N2O4/c1-4-18-14-24(29)31-22-13-17(2)12-21(25(18)22)30-16-23(28)27-11-10-26(3)20(15-27)19-8-6-5-7-9-19/h5-9,12-14,20H,4,10-11,15-16H2,1-3H3. The van der Waals surface area contributed by atoms with Gasteiger partial charge in [-0.3, -0.25) is 9.69 Å². The number of rotatable bonds is 5. The minimum Gasteiger partial charge on any atom is -0.483 e. The highest BCUT2D eigenvalue weighted by Crippen LogP contribution is 2.30. The van der Waals surface area contributed by atoms with Gasteiger partial charge in [-0.25, -0.2) is 4.79 Å². The van der Waals surface area contributed by atoms with Crippen molar-refractivity contribution in [2.45, 2.75) is 26.3 Å². The molecule has 0 bridgehead atoms. The van der Waals surface area contributed by atoms with Gasteiger partial charge in [0.05, 0.1) is 11.4 Å². The van der Waals surface area contributed by atoms with Crippen LogP contribution in [0.5, 0.6) is 5.75 Å². The largest absolute Gasteiger partial charge is 0.483 e. The summed E-state index contributed by atoms with van der Waals surface area (Å²) >= 11 is 0. The Morgan fingerprint density at radius 3 is 2.68 bits per heavy atom. The molecule has 1 fully saturated rings. The van der Waals surface area contributed by atoms with Gasteiger partial charge in [0.25, 0.3) is 5.91 Å². The number of nitrogens with zero attached hydrogens (tertiary/aromatic N) is 2. The van der Waals surface area contributed by atoms with Crippen LogP contribution in [0.25, 0.3) is 11.0 Å². The van der Waals surface area contributed by atoms with Gasteiger partial charge < -0.3 is 14.1 Å². The number of hydrogen-bond acceptors (Lipinski definition) is 5. The summed E-state index contributed by atoms with van der Waals surface area (Å²) in [5.41, 5.74) is 3.10. The van der Waals surface area contributed by atoms with Crippen LogP contribution < -0.4 is 10.4 Å². The second kappa shape index (κ2) is 8.94. The number of amides is 1. The molecule has 0 radical (unpaired) electrons. The maximum atomic E-state index is 13.0. The lowest BCUT2D eigenvalue weighted by atomic mass is 10.0. The fourth-order valence-electron chi connectivity index (χ4n) is 4.23. The molecule has 2 heterocycles. The number of carbonyl (C=O) groups excluding carboxylic acids is 1. The number of hydrogen-bond donors (Lipinski definition) is 0. The number of benzene rings is 2. The van der Waals surface area contributed by atoms with Crippen LogP contribution in [-0.2, 0) is 11.2 Å². The lowest BCUT2D eigenvalue weighted by Gasteiger charge is -2.39. The van der Waals surface area contributed by atoms with Gasteiger partial charge >= 0.3 is 5.63 Å². The monoisotopic (exact) mass is 420 g/mol. The molecule has 1 aromatic heterocycles. The van der Waals surface area contributed by atoms with Crippen molar-refractivity contribution in [3.05, 3.63) is 75.6 Å². The zero-order valence-electron chi connectivity index (χ0n) is 18.3. The number of carbonyl (C=O) groups is 1. The first-order valence-corrected chi connectivity index (χ1v) is 10.7. The number of likely N-dealkylation sites (N-methyl/N-ethyl adjacent to an activating group) is 1. The molecule has 1 unspecified atom stereocenters. The zero-order chi connectivity index (χ0) is 22.0. The van der Waals surface area contributed by atoms with E-state index in [2.05, 4.69) is 24.1 Å². The van der Waals surface area contributed by atoms with E-state index >= 15 is 0 Å². The second-order valence-electron chi connectivity index (χ2n) is 8.12. The Bertz CT molecular complexity index is 1140. The Labute approximate surface area is 182 Å². The summed E-state index contributed by atoms with van der Waals surface area (Å²) in [6.07, 6.45) is 0.673. The van der Waals surface area contributed by atoms with Crippen LogP contribution in [0, 0.1) is 6.92 Å². The van der Waals surface area contributed by atoms with E-state index in [-0.39, 0.29) is 24.2 Å². The summed E-state index contributed by atoms with van der Waals surface area (Å²) < 4.78 is 11.4. The van der Waals surface area contributed by atoms with Crippen LogP contribution in [-0.4, -0.2) is 49.0 Å². The van der Waals surface area contributed by atoms with Crippen LogP contribution in [0.3, 0.4) is 0 Å². The average Bonchev–Trinajstić information content (AvgIpc) is 2.77. The van der Waals surface area contributed by atoms with Crippen molar-refractivity contribution in [2.75, 3.05) is 33.3 Å². The van der Waals surface area contributed by atoms with Gasteiger partial charge in [0.15, 0.2) is 6.61 Å². The van der Waals surface area contributed by atoms with Crippen molar-refractivity contribution >= 4 is 16.9 Å². The Hall–Kier alpha value is -3.12. The fourth-order valence-corrected chi connectivity index (χ4v) is 4.23. The summed E-state index contributed by atoms with van der Waals surface area (Å²) in [5, 5.41) is 0.765. The van der Waals surface area contributed by atoms with Crippen LogP contribution in [0.1, 0.15) is 29.7 Å². The van der Waals surface area contributed by atoms with Gasteiger partial charge in [-0.15, -0.1) is 0 Å². The van der Waals surface area contributed by atoms with E-state index in [1.165, 1.54) is 11.6 Å². The number of aryl methyl sites for hydroxylation is 2. The molecule has 1 saturated heterocycles. The van der Waals surface area contributed by atoms with Crippen molar-refractivity contribution in [1.82, 2.24) is 9.80 Å². The number of ether oxygens (including phenoxy) is 1. The molecule has 162 valence electrons. The number of fused-ring (bicyclic) bond motifs is 1. The van der Waals surface area contributed by atoms with E-state index in [0.717, 1.165) is 23.1 Å². The average molecular weight is 421 g/mol. The van der Waals surface area contributed by atoms with Gasteiger partial charge in [0.1, 0.15) is 11.3 Å². The highest BCUT2D eigenvalue weighted by atomic mass is 16.5. The molecule has 0 spiro atoms. The Morgan fingerprint density at radius 2 is 1.94 bits per heavy atom. The van der Waals surface area contributed by atoms with Crippen LogP contribution in [0.15, 0.2) is 57.7 Å². The smallest absolute Gasteiger partial charge is 0.336 e. The topological polar surface area (TPSA) is 63.0 Å². The second-order valence-corrected chi connectivity index (χ2v) is 8.12. The van der Waals surface area contributed by atoms with Crippen LogP contribution >= 0.6 is 0 Å². The highest BCUT2D eigenvalue weighted by molar-refractivity contribution is 5.88. The molecule has 6 nitrogen and oxygen atoms in total. The van der Waals surface area contributed by atoms with Gasteiger partial charge in [0, 0.05) is 25.7 Å². The maximum absolute atomic E-state index is 13.0. The van der Waals surface area contributed by atoms with Crippen molar-refractivity contribution in [1.29, 1.82) is 0 Å². The third-order valence-electron chi connectivity index (χ3n) is 5.95. The predicted octanol–water partition coefficient (Wildman–Crippen LogP) is 3.56. The molecule has 4 rings (SSSR count). The molecule has 6 heteroatoms. The van der Waals surface area contributed by atoms with E-state index in [9.17, 15) is 9.59 Å². The molecular formula is C25H28N2O4. The van der Waals surface area contributed by atoms with Gasteiger partial charge in [-0.2, -0.15) is 0 Å². The molecule has 1 amide bonds. The van der Waals surface area contributed by atoms with E-state index < -0.39 is 0 Å². The van der Waals surface area contributed by atoms with Crippen molar-refractivity contribution in [2.24, 2.45) is 0 Å². The summed E-state index contributed by atoms with van der Waals surface area (Å²) in [6.45, 7) is 5.96. The molecule has 1 aliphatic heterocycles. The quantitative estimate of drug-likeness (QED) is 0.591. The molecule has 3 aromatic rings. The minimum atomic E-state index is -0.374. The first kappa shape index (κ1) is 21.1. The van der Waals surface area contributed by atoms with Crippen molar-refractivity contribution < 1.29 is 13.9 Å². The summed E-state index contributed by atoms with van der Waals surface area (Å²) in [6, 6.07) is 15.6. The lowest BCUT2D eigenvalue weighted by molar-refractivity contribution is -0.136. The first-order valence-electron chi connectivity index (χ1n) is 10.7. The molecule has 0 saturated carbocycles. The van der Waals surface area contributed by atoms with Crippen molar-refractivity contribution in [3.8, 4) is 5.75 Å². The molecule has 31 heavy (non-hydrogen) atoms. The van der Waals surface area contributed by atoms with Crippen LogP contribution in [0.2, 0.25) is 0 Å². The summed E-state index contributed by atoms with van der Waals surface area (Å²) in [7, 11) is 2.09. The molecule has 2 aromatic carbocycles. The van der Waals surface area contributed by atoms with E-state index in [1.54, 1.807) is 0 Å². The molecular weight excluding hydrogens is 392 g/mol. The third kappa shape index (κ3) is 4.49.